The van der Waals surface area contributed by atoms with Crippen LogP contribution in [0.2, 0.25) is 0 Å². The molecule has 0 bridgehead atoms. The van der Waals surface area contributed by atoms with Gasteiger partial charge in [0.25, 0.3) is 0 Å². The summed E-state index contributed by atoms with van der Waals surface area (Å²) in [5.41, 5.74) is 1.03. The molecule has 96 valence electrons. The van der Waals surface area contributed by atoms with Crippen LogP contribution in [-0.4, -0.2) is 36.0 Å². The molecule has 5 nitrogen and oxygen atoms in total. The molecule has 1 atom stereocenters. The summed E-state index contributed by atoms with van der Waals surface area (Å²) in [5, 5.41) is 16.0. The summed E-state index contributed by atoms with van der Waals surface area (Å²) in [7, 11) is 2.07. The van der Waals surface area contributed by atoms with Gasteiger partial charge >= 0.3 is 5.00 Å². The van der Waals surface area contributed by atoms with E-state index in [1.807, 2.05) is 5.38 Å². The third-order valence-corrected chi connectivity index (χ3v) is 3.84. The first kappa shape index (κ1) is 14.4. The normalized spacial score (nSPS) is 19.3. The molecule has 0 radical (unpaired) electrons. The van der Waals surface area contributed by atoms with Gasteiger partial charge in [-0.3, -0.25) is 15.0 Å². The summed E-state index contributed by atoms with van der Waals surface area (Å²) in [6, 6.07) is 2.22. The highest BCUT2D eigenvalue weighted by atomic mass is 35.5. The van der Waals surface area contributed by atoms with Crippen LogP contribution in [0.3, 0.4) is 0 Å². The largest absolute Gasteiger partial charge is 0.324 e. The molecule has 17 heavy (non-hydrogen) atoms. The molecule has 0 saturated carbocycles. The maximum atomic E-state index is 10.5. The van der Waals surface area contributed by atoms with E-state index in [9.17, 15) is 10.1 Å². The molecule has 0 aromatic carbocycles. The van der Waals surface area contributed by atoms with Gasteiger partial charge in [-0.2, -0.15) is 0 Å². The van der Waals surface area contributed by atoms with Crippen molar-refractivity contribution in [3.8, 4) is 0 Å². The molecule has 1 N–H and O–H groups in total. The first-order valence-electron chi connectivity index (χ1n) is 5.29. The van der Waals surface area contributed by atoms with Gasteiger partial charge in [-0.05, 0) is 25.6 Å². The predicted molar refractivity (Wildman–Crippen MR) is 71.0 cm³/mol. The molecule has 0 amide bonds. The van der Waals surface area contributed by atoms with Crippen molar-refractivity contribution in [2.75, 3.05) is 20.1 Å². The Morgan fingerprint density at radius 3 is 3.00 bits per heavy atom. The predicted octanol–water partition coefficient (Wildman–Crippen LogP) is 1.87. The standard InChI is InChI=1S/C10H15N3O2S.ClH/c1-12(9-2-3-11-5-9)6-8-4-10(13(14)15)16-7-8;/h4,7,9,11H,2-3,5-6H2,1H3;1H. The lowest BCUT2D eigenvalue weighted by Crippen LogP contribution is -2.32. The van der Waals surface area contributed by atoms with E-state index in [0.29, 0.717) is 6.04 Å². The minimum Gasteiger partial charge on any atom is -0.315 e. The fraction of sp³-hybridized carbons (Fsp3) is 0.600. The summed E-state index contributed by atoms with van der Waals surface area (Å²) in [6.45, 7) is 2.87. The third kappa shape index (κ3) is 3.64. The quantitative estimate of drug-likeness (QED) is 0.674. The van der Waals surface area contributed by atoms with Crippen LogP contribution in [0.1, 0.15) is 12.0 Å². The summed E-state index contributed by atoms with van der Waals surface area (Å²) < 4.78 is 0. The number of halogens is 1. The molecule has 0 aliphatic carbocycles. The van der Waals surface area contributed by atoms with E-state index in [4.69, 9.17) is 0 Å². The number of hydrogen-bond acceptors (Lipinski definition) is 5. The minimum absolute atomic E-state index is 0. The van der Waals surface area contributed by atoms with Gasteiger partial charge in [0, 0.05) is 30.6 Å². The smallest absolute Gasteiger partial charge is 0.315 e. The Labute approximate surface area is 110 Å². The van der Waals surface area contributed by atoms with Crippen molar-refractivity contribution in [3.63, 3.8) is 0 Å². The average Bonchev–Trinajstić information content (AvgIpc) is 2.87. The zero-order chi connectivity index (χ0) is 11.5. The molecule has 1 saturated heterocycles. The highest BCUT2D eigenvalue weighted by Gasteiger charge is 2.20. The van der Waals surface area contributed by atoms with Gasteiger partial charge < -0.3 is 5.32 Å². The van der Waals surface area contributed by atoms with Crippen LogP contribution in [0.4, 0.5) is 5.00 Å². The first-order valence-corrected chi connectivity index (χ1v) is 6.17. The van der Waals surface area contributed by atoms with Crippen molar-refractivity contribution in [1.29, 1.82) is 0 Å². The Kier molecular flexibility index (Phi) is 5.32. The Morgan fingerprint density at radius 1 is 1.71 bits per heavy atom. The van der Waals surface area contributed by atoms with Crippen LogP contribution in [-0.2, 0) is 6.54 Å². The highest BCUT2D eigenvalue weighted by Crippen LogP contribution is 2.24. The summed E-state index contributed by atoms with van der Waals surface area (Å²) >= 11 is 1.20. The van der Waals surface area contributed by atoms with Crippen LogP contribution < -0.4 is 5.32 Å². The van der Waals surface area contributed by atoms with Crippen LogP contribution >= 0.6 is 23.7 Å². The zero-order valence-corrected chi connectivity index (χ0v) is 11.2. The Bertz CT molecular complexity index is 379. The lowest BCUT2D eigenvalue weighted by Gasteiger charge is -2.22. The van der Waals surface area contributed by atoms with Crippen LogP contribution in [0, 0.1) is 10.1 Å². The van der Waals surface area contributed by atoms with Crippen LogP contribution in [0.5, 0.6) is 0 Å². The molecule has 1 aliphatic heterocycles. The van der Waals surface area contributed by atoms with E-state index in [0.717, 1.165) is 31.6 Å². The summed E-state index contributed by atoms with van der Waals surface area (Å²) in [6.07, 6.45) is 1.16. The molecular weight excluding hydrogens is 262 g/mol. The molecule has 0 spiro atoms. The number of nitrogens with one attached hydrogen (secondary N) is 1. The van der Waals surface area contributed by atoms with E-state index in [2.05, 4.69) is 17.3 Å². The summed E-state index contributed by atoms with van der Waals surface area (Å²) in [5.74, 6) is 0. The van der Waals surface area contributed by atoms with E-state index in [-0.39, 0.29) is 22.3 Å². The van der Waals surface area contributed by atoms with Gasteiger partial charge in [0.15, 0.2) is 0 Å². The highest BCUT2D eigenvalue weighted by molar-refractivity contribution is 7.13. The molecule has 2 heterocycles. The number of hydrogen-bond donors (Lipinski definition) is 1. The Morgan fingerprint density at radius 2 is 2.47 bits per heavy atom. The third-order valence-electron chi connectivity index (χ3n) is 2.91. The molecule has 1 aromatic heterocycles. The van der Waals surface area contributed by atoms with Crippen molar-refractivity contribution in [3.05, 3.63) is 27.1 Å². The molecule has 1 unspecified atom stereocenters. The topological polar surface area (TPSA) is 58.4 Å². The number of thiophene rings is 1. The minimum atomic E-state index is -0.328. The van der Waals surface area contributed by atoms with E-state index in [1.54, 1.807) is 6.07 Å². The van der Waals surface area contributed by atoms with E-state index >= 15 is 0 Å². The second kappa shape index (κ2) is 6.30. The van der Waals surface area contributed by atoms with Crippen LogP contribution in [0.25, 0.3) is 0 Å². The molecule has 1 aromatic rings. The van der Waals surface area contributed by atoms with Gasteiger partial charge in [0.05, 0.1) is 4.92 Å². The van der Waals surface area contributed by atoms with Gasteiger partial charge in [0.1, 0.15) is 0 Å². The molecule has 1 aliphatic rings. The molecule has 7 heteroatoms. The molecular formula is C10H16ClN3O2S. The second-order valence-electron chi connectivity index (χ2n) is 4.11. The average molecular weight is 278 g/mol. The Hall–Kier alpha value is -0.690. The summed E-state index contributed by atoms with van der Waals surface area (Å²) in [4.78, 5) is 12.5. The SMILES string of the molecule is CN(Cc1csc([N+](=O)[O-])c1)C1CCNC1.Cl. The van der Waals surface area contributed by atoms with Crippen molar-refractivity contribution < 1.29 is 4.92 Å². The maximum Gasteiger partial charge on any atom is 0.324 e. The lowest BCUT2D eigenvalue weighted by molar-refractivity contribution is -0.380. The van der Waals surface area contributed by atoms with Crippen LogP contribution in [0.15, 0.2) is 11.4 Å². The van der Waals surface area contributed by atoms with Gasteiger partial charge in [-0.25, -0.2) is 0 Å². The Balaban J connectivity index is 0.00000144. The van der Waals surface area contributed by atoms with Crippen molar-refractivity contribution in [2.24, 2.45) is 0 Å². The van der Waals surface area contributed by atoms with E-state index in [1.165, 1.54) is 11.3 Å². The van der Waals surface area contributed by atoms with Crippen molar-refractivity contribution in [1.82, 2.24) is 10.2 Å². The van der Waals surface area contributed by atoms with Gasteiger partial charge in [-0.1, -0.05) is 11.3 Å². The fourth-order valence-corrected chi connectivity index (χ4v) is 2.69. The monoisotopic (exact) mass is 277 g/mol. The molecule has 2 rings (SSSR count). The van der Waals surface area contributed by atoms with Crippen molar-refractivity contribution >= 4 is 28.7 Å². The lowest BCUT2D eigenvalue weighted by atomic mass is 10.2. The van der Waals surface area contributed by atoms with Gasteiger partial charge in [0.2, 0.25) is 0 Å². The second-order valence-corrected chi connectivity index (χ2v) is 5.00. The zero-order valence-electron chi connectivity index (χ0n) is 9.59. The molecule has 1 fully saturated rings. The number of likely N-dealkylation sites (N-methyl/N-ethyl adjacent to an activating group) is 1. The number of nitro groups is 1. The van der Waals surface area contributed by atoms with Gasteiger partial charge in [-0.15, -0.1) is 12.4 Å². The number of nitrogens with zero attached hydrogens (tertiary/aromatic N) is 2. The fourth-order valence-electron chi connectivity index (χ4n) is 1.97. The van der Waals surface area contributed by atoms with E-state index < -0.39 is 0 Å². The first-order chi connectivity index (χ1) is 7.66. The maximum absolute atomic E-state index is 10.5. The van der Waals surface area contributed by atoms with Crippen molar-refractivity contribution in [2.45, 2.75) is 19.0 Å². The number of rotatable bonds is 4.